The van der Waals surface area contributed by atoms with E-state index in [0.717, 1.165) is 16.7 Å². The van der Waals surface area contributed by atoms with Crippen molar-refractivity contribution in [3.05, 3.63) is 34.4 Å². The van der Waals surface area contributed by atoms with Gasteiger partial charge in [-0.3, -0.25) is 4.79 Å². The molecule has 0 amide bonds. The molecule has 1 aromatic rings. The van der Waals surface area contributed by atoms with E-state index in [1.165, 1.54) is 5.56 Å². The smallest absolute Gasteiger partial charge is 0.307 e. The van der Waals surface area contributed by atoms with E-state index >= 15 is 0 Å². The first-order chi connectivity index (χ1) is 6.00. The Bertz CT molecular complexity index is 322. The summed E-state index contributed by atoms with van der Waals surface area (Å²) in [5.74, 6) is -0.768. The third-order valence-electron chi connectivity index (χ3n) is 2.17. The topological polar surface area (TPSA) is 37.3 Å². The fourth-order valence-electron chi connectivity index (χ4n) is 1.64. The molecule has 0 radical (unpaired) electrons. The minimum absolute atomic E-state index is 0. The van der Waals surface area contributed by atoms with E-state index in [1.807, 2.05) is 32.9 Å². The maximum absolute atomic E-state index is 10.6. The molecule has 1 rings (SSSR count). The lowest BCUT2D eigenvalue weighted by molar-refractivity contribution is -0.136. The zero-order valence-electron chi connectivity index (χ0n) is 8.63. The number of benzene rings is 1. The van der Waals surface area contributed by atoms with Gasteiger partial charge in [-0.05, 0) is 37.5 Å². The molecule has 0 aliphatic carbocycles. The molecule has 0 aliphatic rings. The van der Waals surface area contributed by atoms with Gasteiger partial charge in [0.1, 0.15) is 0 Å². The molecule has 0 aliphatic heterocycles. The van der Waals surface area contributed by atoms with Gasteiger partial charge in [0.15, 0.2) is 0 Å². The Morgan fingerprint density at radius 3 is 2.00 bits per heavy atom. The lowest BCUT2D eigenvalue weighted by Gasteiger charge is -2.08. The van der Waals surface area contributed by atoms with Gasteiger partial charge in [-0.1, -0.05) is 17.7 Å². The first kappa shape index (κ1) is 13.0. The average molecular weight is 215 g/mol. The predicted octanol–water partition coefficient (Wildman–Crippen LogP) is 2.66. The van der Waals surface area contributed by atoms with Crippen LogP contribution in [0.2, 0.25) is 0 Å². The molecule has 0 heterocycles. The van der Waals surface area contributed by atoms with Gasteiger partial charge < -0.3 is 5.11 Å². The summed E-state index contributed by atoms with van der Waals surface area (Å²) in [7, 11) is 0. The summed E-state index contributed by atoms with van der Waals surface area (Å²) in [6.07, 6.45) is 0.123. The number of halogens is 1. The minimum Gasteiger partial charge on any atom is -0.481 e. The third-order valence-corrected chi connectivity index (χ3v) is 2.17. The number of carboxylic acid groups (broad SMARTS) is 1. The zero-order valence-corrected chi connectivity index (χ0v) is 9.44. The maximum atomic E-state index is 10.6. The number of aryl methyl sites for hydroxylation is 3. The summed E-state index contributed by atoms with van der Waals surface area (Å²) in [6, 6.07) is 4.04. The van der Waals surface area contributed by atoms with E-state index in [4.69, 9.17) is 5.11 Å². The molecule has 0 spiro atoms. The van der Waals surface area contributed by atoms with E-state index in [9.17, 15) is 4.79 Å². The summed E-state index contributed by atoms with van der Waals surface area (Å²) in [5.41, 5.74) is 4.27. The van der Waals surface area contributed by atoms with Gasteiger partial charge in [0.2, 0.25) is 0 Å². The second-order valence-corrected chi connectivity index (χ2v) is 3.45. The van der Waals surface area contributed by atoms with Crippen LogP contribution in [0.25, 0.3) is 0 Å². The molecule has 1 aromatic carbocycles. The normalized spacial score (nSPS) is 9.36. The van der Waals surface area contributed by atoms with Gasteiger partial charge in [0.05, 0.1) is 6.42 Å². The van der Waals surface area contributed by atoms with Crippen LogP contribution in [0, 0.1) is 20.8 Å². The first-order valence-electron chi connectivity index (χ1n) is 4.29. The number of carbonyl (C=O) groups is 1. The Kier molecular flexibility index (Phi) is 4.64. The Morgan fingerprint density at radius 2 is 1.64 bits per heavy atom. The highest BCUT2D eigenvalue weighted by atomic mass is 35.5. The molecule has 3 heteroatoms. The van der Waals surface area contributed by atoms with E-state index < -0.39 is 5.97 Å². The Hall–Kier alpha value is -1.02. The Morgan fingerprint density at radius 1 is 1.21 bits per heavy atom. The molecule has 0 aromatic heterocycles. The van der Waals surface area contributed by atoms with Gasteiger partial charge in [-0.2, -0.15) is 0 Å². The standard InChI is InChI=1S/C11H14O2.ClH/c1-7-4-8(2)10(6-11(12)13)9(3)5-7;/h4-5H,6H2,1-3H3,(H,12,13);1H. The zero-order chi connectivity index (χ0) is 10.0. The molecular formula is C11H15ClO2. The van der Waals surface area contributed by atoms with Gasteiger partial charge in [0.25, 0.3) is 0 Å². The quantitative estimate of drug-likeness (QED) is 0.822. The number of rotatable bonds is 2. The number of carboxylic acids is 1. The van der Waals surface area contributed by atoms with Crippen LogP contribution in [0.15, 0.2) is 12.1 Å². The number of aliphatic carboxylic acids is 1. The van der Waals surface area contributed by atoms with Crippen LogP contribution >= 0.6 is 12.4 Å². The van der Waals surface area contributed by atoms with Crippen LogP contribution in [0.3, 0.4) is 0 Å². The van der Waals surface area contributed by atoms with Gasteiger partial charge >= 0.3 is 5.97 Å². The fraction of sp³-hybridized carbons (Fsp3) is 0.364. The predicted molar refractivity (Wildman–Crippen MR) is 59.2 cm³/mol. The molecule has 0 fully saturated rings. The van der Waals surface area contributed by atoms with Gasteiger partial charge in [0, 0.05) is 0 Å². The minimum atomic E-state index is -0.768. The Labute approximate surface area is 90.4 Å². The molecule has 0 saturated heterocycles. The van der Waals surface area contributed by atoms with Crippen molar-refractivity contribution in [2.75, 3.05) is 0 Å². The number of hydrogen-bond donors (Lipinski definition) is 1. The van der Waals surface area contributed by atoms with Crippen LogP contribution < -0.4 is 0 Å². The van der Waals surface area contributed by atoms with Crippen molar-refractivity contribution in [3.63, 3.8) is 0 Å². The van der Waals surface area contributed by atoms with Crippen molar-refractivity contribution in [1.29, 1.82) is 0 Å². The van der Waals surface area contributed by atoms with Crippen molar-refractivity contribution in [3.8, 4) is 0 Å². The van der Waals surface area contributed by atoms with E-state index in [2.05, 4.69) is 0 Å². The van der Waals surface area contributed by atoms with Crippen molar-refractivity contribution in [1.82, 2.24) is 0 Å². The molecular weight excluding hydrogens is 200 g/mol. The molecule has 14 heavy (non-hydrogen) atoms. The molecule has 0 saturated carbocycles. The summed E-state index contributed by atoms with van der Waals surface area (Å²) < 4.78 is 0. The van der Waals surface area contributed by atoms with Crippen LogP contribution in [0.4, 0.5) is 0 Å². The van der Waals surface area contributed by atoms with E-state index in [0.29, 0.717) is 0 Å². The Balaban J connectivity index is 0.00000169. The molecule has 2 nitrogen and oxygen atoms in total. The second kappa shape index (κ2) is 5.01. The SMILES string of the molecule is Cc1cc(C)c(CC(=O)O)c(C)c1.Cl. The highest BCUT2D eigenvalue weighted by Gasteiger charge is 2.07. The second-order valence-electron chi connectivity index (χ2n) is 3.45. The van der Waals surface area contributed by atoms with Crippen molar-refractivity contribution < 1.29 is 9.90 Å². The summed E-state index contributed by atoms with van der Waals surface area (Å²) in [5, 5.41) is 8.69. The highest BCUT2D eigenvalue weighted by molar-refractivity contribution is 5.85. The average Bonchev–Trinajstić information content (AvgIpc) is 1.96. The van der Waals surface area contributed by atoms with Gasteiger partial charge in [-0.25, -0.2) is 0 Å². The third kappa shape index (κ3) is 3.04. The van der Waals surface area contributed by atoms with Crippen LogP contribution in [-0.2, 0) is 11.2 Å². The summed E-state index contributed by atoms with van der Waals surface area (Å²) in [6.45, 7) is 5.93. The van der Waals surface area contributed by atoms with Crippen LogP contribution in [0.1, 0.15) is 22.3 Å². The molecule has 78 valence electrons. The van der Waals surface area contributed by atoms with E-state index in [-0.39, 0.29) is 18.8 Å². The summed E-state index contributed by atoms with van der Waals surface area (Å²) >= 11 is 0. The first-order valence-corrected chi connectivity index (χ1v) is 4.29. The molecule has 0 unspecified atom stereocenters. The van der Waals surface area contributed by atoms with Gasteiger partial charge in [-0.15, -0.1) is 12.4 Å². The molecule has 0 atom stereocenters. The maximum Gasteiger partial charge on any atom is 0.307 e. The summed E-state index contributed by atoms with van der Waals surface area (Å²) in [4.78, 5) is 10.6. The monoisotopic (exact) mass is 214 g/mol. The van der Waals surface area contributed by atoms with Crippen molar-refractivity contribution in [2.24, 2.45) is 0 Å². The lowest BCUT2D eigenvalue weighted by atomic mass is 9.97. The molecule has 1 N–H and O–H groups in total. The van der Waals surface area contributed by atoms with Crippen LogP contribution in [-0.4, -0.2) is 11.1 Å². The fourth-order valence-corrected chi connectivity index (χ4v) is 1.64. The lowest BCUT2D eigenvalue weighted by Crippen LogP contribution is -2.04. The van der Waals surface area contributed by atoms with Crippen molar-refractivity contribution in [2.45, 2.75) is 27.2 Å². The molecule has 0 bridgehead atoms. The van der Waals surface area contributed by atoms with Crippen LogP contribution in [0.5, 0.6) is 0 Å². The van der Waals surface area contributed by atoms with E-state index in [1.54, 1.807) is 0 Å². The largest absolute Gasteiger partial charge is 0.481 e. The van der Waals surface area contributed by atoms with Crippen molar-refractivity contribution >= 4 is 18.4 Å². The highest BCUT2D eigenvalue weighted by Crippen LogP contribution is 2.16. The number of hydrogen-bond acceptors (Lipinski definition) is 1.